The van der Waals surface area contributed by atoms with Crippen LogP contribution in [0.2, 0.25) is 8.67 Å². The zero-order valence-electron chi connectivity index (χ0n) is 9.44. The molecule has 0 spiro atoms. The molecular weight excluding hydrogens is 328 g/mol. The van der Waals surface area contributed by atoms with E-state index in [1.54, 1.807) is 18.2 Å². The molecular formula is C12H8Cl2FNOS2. The lowest BCUT2D eigenvalue weighted by atomic mass is 10.2. The third-order valence-electron chi connectivity index (χ3n) is 2.26. The van der Waals surface area contributed by atoms with Crippen molar-refractivity contribution >= 4 is 52.0 Å². The molecule has 0 bridgehead atoms. The van der Waals surface area contributed by atoms with Gasteiger partial charge in [-0.1, -0.05) is 34.4 Å². The average Bonchev–Trinajstić information content (AvgIpc) is 2.70. The molecule has 0 saturated carbocycles. The van der Waals surface area contributed by atoms with Gasteiger partial charge in [-0.05, 0) is 24.3 Å². The SMILES string of the molecule is O/N=C(\CSc1cccc(F)c1)c1cc(Cl)sc1Cl. The van der Waals surface area contributed by atoms with Crippen molar-refractivity contribution in [3.05, 3.63) is 50.4 Å². The predicted molar refractivity (Wildman–Crippen MR) is 79.8 cm³/mol. The Morgan fingerprint density at radius 2 is 2.16 bits per heavy atom. The van der Waals surface area contributed by atoms with E-state index in [-0.39, 0.29) is 5.82 Å². The summed E-state index contributed by atoms with van der Waals surface area (Å²) in [5.74, 6) is 0.0660. The fraction of sp³-hybridized carbons (Fsp3) is 0.0833. The van der Waals surface area contributed by atoms with Crippen LogP contribution in [0.4, 0.5) is 4.39 Å². The Morgan fingerprint density at radius 3 is 2.74 bits per heavy atom. The molecule has 0 radical (unpaired) electrons. The summed E-state index contributed by atoms with van der Waals surface area (Å²) < 4.78 is 14.0. The van der Waals surface area contributed by atoms with Gasteiger partial charge >= 0.3 is 0 Å². The summed E-state index contributed by atoms with van der Waals surface area (Å²) in [4.78, 5) is 0.749. The number of thioether (sulfide) groups is 1. The average molecular weight is 336 g/mol. The number of benzene rings is 1. The topological polar surface area (TPSA) is 32.6 Å². The Balaban J connectivity index is 2.11. The Labute approximate surface area is 127 Å². The van der Waals surface area contributed by atoms with Gasteiger partial charge in [0, 0.05) is 16.2 Å². The van der Waals surface area contributed by atoms with Crippen LogP contribution < -0.4 is 0 Å². The van der Waals surface area contributed by atoms with Gasteiger partial charge in [0.25, 0.3) is 0 Å². The predicted octanol–water partition coefficient (Wildman–Crippen LogP) is 5.16. The number of halogens is 3. The number of hydrogen-bond acceptors (Lipinski definition) is 4. The van der Waals surface area contributed by atoms with Crippen molar-refractivity contribution in [3.63, 3.8) is 0 Å². The highest BCUT2D eigenvalue weighted by Gasteiger charge is 2.13. The van der Waals surface area contributed by atoms with E-state index < -0.39 is 0 Å². The van der Waals surface area contributed by atoms with E-state index >= 15 is 0 Å². The van der Waals surface area contributed by atoms with Gasteiger partial charge in [0.05, 0.1) is 10.0 Å². The molecule has 1 aromatic carbocycles. The summed E-state index contributed by atoms with van der Waals surface area (Å²) in [5.41, 5.74) is 1.01. The lowest BCUT2D eigenvalue weighted by molar-refractivity contribution is 0.319. The fourth-order valence-corrected chi connectivity index (χ4v) is 3.80. The molecule has 19 heavy (non-hydrogen) atoms. The van der Waals surface area contributed by atoms with Crippen molar-refractivity contribution in [2.24, 2.45) is 5.16 Å². The van der Waals surface area contributed by atoms with Gasteiger partial charge in [-0.2, -0.15) is 0 Å². The quantitative estimate of drug-likeness (QED) is 0.362. The van der Waals surface area contributed by atoms with Crippen LogP contribution in [-0.4, -0.2) is 16.7 Å². The molecule has 0 saturated heterocycles. The van der Waals surface area contributed by atoms with Crippen LogP contribution in [0.25, 0.3) is 0 Å². The van der Waals surface area contributed by atoms with E-state index in [0.717, 1.165) is 4.90 Å². The van der Waals surface area contributed by atoms with Crippen molar-refractivity contribution in [1.29, 1.82) is 0 Å². The van der Waals surface area contributed by atoms with Gasteiger partial charge in [0.15, 0.2) is 0 Å². The highest BCUT2D eigenvalue weighted by Crippen LogP contribution is 2.32. The third kappa shape index (κ3) is 3.86. The minimum absolute atomic E-state index is 0.302. The Hall–Kier alpha value is -0.750. The molecule has 0 unspecified atom stereocenters. The second kappa shape index (κ2) is 6.61. The van der Waals surface area contributed by atoms with E-state index in [9.17, 15) is 4.39 Å². The van der Waals surface area contributed by atoms with E-state index in [0.29, 0.717) is 25.7 Å². The molecule has 2 aromatic rings. The van der Waals surface area contributed by atoms with Crippen LogP contribution in [0.1, 0.15) is 5.56 Å². The number of oxime groups is 1. The summed E-state index contributed by atoms with van der Waals surface area (Å²) >= 11 is 14.4. The number of thiophene rings is 1. The van der Waals surface area contributed by atoms with Crippen molar-refractivity contribution in [2.75, 3.05) is 5.75 Å². The molecule has 1 N–H and O–H groups in total. The molecule has 0 aliphatic carbocycles. The highest BCUT2D eigenvalue weighted by molar-refractivity contribution is 8.00. The minimum atomic E-state index is -0.302. The zero-order valence-corrected chi connectivity index (χ0v) is 12.6. The van der Waals surface area contributed by atoms with Gasteiger partial charge in [-0.3, -0.25) is 0 Å². The first kappa shape index (κ1) is 14.7. The van der Waals surface area contributed by atoms with Gasteiger partial charge < -0.3 is 5.21 Å². The van der Waals surface area contributed by atoms with E-state index in [2.05, 4.69) is 5.16 Å². The first-order valence-electron chi connectivity index (χ1n) is 5.14. The minimum Gasteiger partial charge on any atom is -0.411 e. The summed E-state index contributed by atoms with van der Waals surface area (Å²) in [7, 11) is 0. The van der Waals surface area contributed by atoms with Crippen LogP contribution in [0.15, 0.2) is 40.4 Å². The fourth-order valence-electron chi connectivity index (χ4n) is 1.41. The molecule has 0 amide bonds. The van der Waals surface area contributed by atoms with E-state index in [4.69, 9.17) is 28.4 Å². The Morgan fingerprint density at radius 1 is 1.37 bits per heavy atom. The Kier molecular flexibility index (Phi) is 5.10. The molecule has 0 atom stereocenters. The summed E-state index contributed by atoms with van der Waals surface area (Å²) in [5, 5.41) is 12.3. The monoisotopic (exact) mass is 335 g/mol. The summed E-state index contributed by atoms with van der Waals surface area (Å²) in [6, 6.07) is 7.85. The lowest BCUT2D eigenvalue weighted by Gasteiger charge is -2.03. The third-order valence-corrected chi connectivity index (χ3v) is 4.75. The van der Waals surface area contributed by atoms with Crippen LogP contribution >= 0.6 is 46.3 Å². The molecule has 1 heterocycles. The van der Waals surface area contributed by atoms with Crippen LogP contribution in [-0.2, 0) is 0 Å². The molecule has 2 nitrogen and oxygen atoms in total. The van der Waals surface area contributed by atoms with Crippen molar-refractivity contribution in [2.45, 2.75) is 4.90 Å². The largest absolute Gasteiger partial charge is 0.411 e. The smallest absolute Gasteiger partial charge is 0.124 e. The molecule has 0 fully saturated rings. The number of rotatable bonds is 4. The van der Waals surface area contributed by atoms with Gasteiger partial charge in [-0.25, -0.2) is 4.39 Å². The molecule has 1 aromatic heterocycles. The first-order valence-corrected chi connectivity index (χ1v) is 7.70. The summed E-state index contributed by atoms with van der Waals surface area (Å²) in [6.45, 7) is 0. The molecule has 7 heteroatoms. The number of nitrogens with zero attached hydrogens (tertiary/aromatic N) is 1. The first-order chi connectivity index (χ1) is 9.10. The van der Waals surface area contributed by atoms with E-state index in [1.807, 2.05) is 0 Å². The lowest BCUT2D eigenvalue weighted by Crippen LogP contribution is -2.03. The molecule has 0 aliphatic rings. The van der Waals surface area contributed by atoms with Gasteiger partial charge in [-0.15, -0.1) is 23.1 Å². The second-order valence-electron chi connectivity index (χ2n) is 3.53. The maximum absolute atomic E-state index is 13.0. The second-order valence-corrected chi connectivity index (χ2v) is 6.86. The Bertz CT molecular complexity index is 616. The van der Waals surface area contributed by atoms with Crippen molar-refractivity contribution in [1.82, 2.24) is 0 Å². The van der Waals surface area contributed by atoms with Crippen LogP contribution in [0, 0.1) is 5.82 Å². The summed E-state index contributed by atoms with van der Waals surface area (Å²) in [6.07, 6.45) is 0. The molecule has 2 rings (SSSR count). The zero-order chi connectivity index (χ0) is 13.8. The maximum atomic E-state index is 13.0. The molecule has 100 valence electrons. The highest BCUT2D eigenvalue weighted by atomic mass is 35.5. The van der Waals surface area contributed by atoms with Gasteiger partial charge in [0.1, 0.15) is 10.2 Å². The van der Waals surface area contributed by atoms with Crippen molar-refractivity contribution < 1.29 is 9.60 Å². The normalized spacial score (nSPS) is 11.8. The number of hydrogen-bond donors (Lipinski definition) is 1. The van der Waals surface area contributed by atoms with Gasteiger partial charge in [0.2, 0.25) is 0 Å². The molecule has 0 aliphatic heterocycles. The van der Waals surface area contributed by atoms with Crippen LogP contribution in [0.5, 0.6) is 0 Å². The van der Waals surface area contributed by atoms with Crippen molar-refractivity contribution in [3.8, 4) is 0 Å². The van der Waals surface area contributed by atoms with Crippen LogP contribution in [0.3, 0.4) is 0 Å². The van der Waals surface area contributed by atoms with E-state index in [1.165, 1.54) is 35.2 Å². The maximum Gasteiger partial charge on any atom is 0.124 e. The standard InChI is InChI=1S/C12H8Cl2FNOS2/c13-11-5-9(12(14)19-11)10(16-17)6-18-8-3-1-2-7(15)4-8/h1-5,17H,6H2/b16-10+.